The van der Waals surface area contributed by atoms with Crippen LogP contribution in [-0.2, 0) is 78.4 Å². The van der Waals surface area contributed by atoms with Crippen LogP contribution in [0.1, 0.15) is 101 Å². The third-order valence-electron chi connectivity index (χ3n) is 18.8. The van der Waals surface area contributed by atoms with Crippen molar-refractivity contribution < 1.29 is 67.8 Å². The minimum atomic E-state index is -1.00. The highest BCUT2D eigenvalue weighted by molar-refractivity contribution is 5.87. The monoisotopic (exact) mass is 1160 g/mol. The van der Waals surface area contributed by atoms with E-state index >= 15 is 0 Å². The van der Waals surface area contributed by atoms with Crippen molar-refractivity contribution in [3.05, 3.63) is 125 Å². The first-order valence-electron chi connectivity index (χ1n) is 29.3. The molecule has 0 aliphatic heterocycles. The van der Waals surface area contributed by atoms with E-state index in [-0.39, 0.29) is 91.0 Å². The van der Waals surface area contributed by atoms with Gasteiger partial charge in [-0.15, -0.1) is 0 Å². The molecule has 0 saturated heterocycles. The van der Waals surface area contributed by atoms with Crippen LogP contribution in [0.5, 0.6) is 17.2 Å². The number of phenols is 3. The number of phenolic OH excluding ortho intramolecular Hbond substituents is 3. The number of amides is 3. The number of hydrogen-bond acceptors (Lipinski definition) is 17. The topological polar surface area (TPSA) is 331 Å². The Morgan fingerprint density at radius 2 is 1.04 bits per heavy atom. The fraction of sp³-hybridized carbons (Fsp3) is 0.516. The van der Waals surface area contributed by atoms with Crippen LogP contribution in [0, 0.1) is 46.3 Å². The van der Waals surface area contributed by atoms with Crippen molar-refractivity contribution in [2.24, 2.45) is 63.5 Å². The molecule has 0 aromatic heterocycles. The molecule has 452 valence electrons. The molecule has 0 bridgehead atoms. The quantitative estimate of drug-likeness (QED) is 0.0331. The van der Waals surface area contributed by atoms with E-state index in [9.17, 15) is 48.9 Å². The summed E-state index contributed by atoms with van der Waals surface area (Å²) in [6.07, 6.45) is 2.86. The molecule has 4 aromatic carbocycles. The largest absolute Gasteiger partial charge is 0.508 e. The van der Waals surface area contributed by atoms with Crippen LogP contribution in [0.2, 0.25) is 0 Å². The summed E-state index contributed by atoms with van der Waals surface area (Å²) in [5.74, 6) is -4.71. The van der Waals surface area contributed by atoms with Crippen molar-refractivity contribution in [2.75, 3.05) is 19.6 Å². The molecule has 20 heteroatoms. The second-order valence-corrected chi connectivity index (χ2v) is 24.2. The average molecular weight is 1160 g/mol. The van der Waals surface area contributed by atoms with Crippen molar-refractivity contribution in [3.8, 4) is 17.2 Å². The van der Waals surface area contributed by atoms with Gasteiger partial charge in [0, 0.05) is 17.8 Å². The smallest absolute Gasteiger partial charge is 0.325 e. The minimum absolute atomic E-state index is 0.0570. The standard InChI is InChI=1S/C64H82N6O14/c1-37(9-24-55(74)81-36-41-7-5-4-6-8-41)47-22-23-48-59-49(32-54(64(47,48)3)84-58(77)35-70-62(80)52(67)29-40-14-20-45(73)21-15-40)63(2)26-25-46(82-56(75)33-68-60(78)50(65)27-38-10-16-43(71)17-11-38)30-42(63)31-53(59)83-57(76)34-69-61(79)51(66)28-39-12-18-44(72)19-13-39/h4-8,10-21,37,42,46-54,59,71-73H,9,22-36,65-67H2,1-3H3,(H,68,78)(H,69,79)(H,70,80)/t37-,42+,46-,47-,48+,49+,50+,51+,52+,53-,54+,59+,63+,64-/m1/s1. The lowest BCUT2D eigenvalue weighted by Gasteiger charge is -2.64. The normalized spacial score (nSPS) is 26.5. The van der Waals surface area contributed by atoms with E-state index in [1.54, 1.807) is 36.4 Å². The summed E-state index contributed by atoms with van der Waals surface area (Å²) in [6, 6.07) is 25.4. The van der Waals surface area contributed by atoms with Gasteiger partial charge in [0.1, 0.15) is 61.8 Å². The first-order chi connectivity index (χ1) is 40.1. The molecule has 4 aliphatic carbocycles. The summed E-state index contributed by atoms with van der Waals surface area (Å²) < 4.78 is 25.0. The predicted octanol–water partition coefficient (Wildman–Crippen LogP) is 4.94. The molecule has 8 rings (SSSR count). The molecule has 20 nitrogen and oxygen atoms in total. The Bertz CT molecular complexity index is 2930. The number of carbonyl (C=O) groups excluding carboxylic acids is 7. The lowest BCUT2D eigenvalue weighted by Crippen LogP contribution is -2.64. The molecule has 0 radical (unpaired) electrons. The average Bonchev–Trinajstić information content (AvgIpc) is 1.31. The van der Waals surface area contributed by atoms with E-state index in [4.69, 9.17) is 36.1 Å². The molecule has 0 heterocycles. The first kappa shape index (κ1) is 62.5. The Hall–Kier alpha value is -7.55. The van der Waals surface area contributed by atoms with E-state index in [0.717, 1.165) is 16.7 Å². The zero-order chi connectivity index (χ0) is 60.3. The Morgan fingerprint density at radius 1 is 0.560 bits per heavy atom. The molecule has 4 aliphatic rings. The van der Waals surface area contributed by atoms with Gasteiger partial charge in [-0.25, -0.2) is 0 Å². The summed E-state index contributed by atoms with van der Waals surface area (Å²) in [6.45, 7) is 5.27. The molecule has 4 saturated carbocycles. The molecule has 4 fully saturated rings. The van der Waals surface area contributed by atoms with Crippen molar-refractivity contribution in [2.45, 2.75) is 141 Å². The zero-order valence-electron chi connectivity index (χ0n) is 48.1. The van der Waals surface area contributed by atoms with Gasteiger partial charge in [0.05, 0.1) is 18.1 Å². The number of rotatable bonds is 24. The van der Waals surface area contributed by atoms with E-state index in [1.165, 1.54) is 36.4 Å². The predicted molar refractivity (Wildman–Crippen MR) is 309 cm³/mol. The second-order valence-electron chi connectivity index (χ2n) is 24.2. The van der Waals surface area contributed by atoms with E-state index in [2.05, 4.69) is 36.7 Å². The van der Waals surface area contributed by atoms with Gasteiger partial charge in [-0.2, -0.15) is 0 Å². The lowest BCUT2D eigenvalue weighted by molar-refractivity contribution is -0.225. The van der Waals surface area contributed by atoms with Gasteiger partial charge in [0.15, 0.2) is 0 Å². The molecular formula is C64H82N6O14. The van der Waals surface area contributed by atoms with Gasteiger partial charge >= 0.3 is 23.9 Å². The first-order valence-corrected chi connectivity index (χ1v) is 29.3. The summed E-state index contributed by atoms with van der Waals surface area (Å²) in [5, 5.41) is 37.1. The van der Waals surface area contributed by atoms with Gasteiger partial charge in [-0.05, 0) is 164 Å². The molecule has 0 spiro atoms. The van der Waals surface area contributed by atoms with Gasteiger partial charge in [-0.3, -0.25) is 33.6 Å². The van der Waals surface area contributed by atoms with Crippen molar-refractivity contribution in [3.63, 3.8) is 0 Å². The zero-order valence-corrected chi connectivity index (χ0v) is 48.1. The van der Waals surface area contributed by atoms with Gasteiger partial charge in [0.25, 0.3) is 0 Å². The summed E-state index contributed by atoms with van der Waals surface area (Å²) in [5.41, 5.74) is 20.6. The van der Waals surface area contributed by atoms with Crippen LogP contribution >= 0.6 is 0 Å². The van der Waals surface area contributed by atoms with Gasteiger partial charge in [-0.1, -0.05) is 87.5 Å². The number of benzene rings is 4. The van der Waals surface area contributed by atoms with Gasteiger partial charge in [0.2, 0.25) is 17.7 Å². The molecular weight excluding hydrogens is 1080 g/mol. The highest BCUT2D eigenvalue weighted by atomic mass is 16.6. The Kier molecular flexibility index (Phi) is 20.8. The Balaban J connectivity index is 1.01. The number of aromatic hydroxyl groups is 3. The number of carbonyl (C=O) groups is 7. The number of nitrogens with one attached hydrogen (secondary N) is 3. The van der Waals surface area contributed by atoms with Gasteiger partial charge < -0.3 is 67.4 Å². The van der Waals surface area contributed by atoms with E-state index in [0.29, 0.717) is 56.9 Å². The molecule has 12 N–H and O–H groups in total. The molecule has 4 aromatic rings. The maximum Gasteiger partial charge on any atom is 0.325 e. The maximum absolute atomic E-state index is 14.3. The number of hydrogen-bond donors (Lipinski definition) is 9. The van der Waals surface area contributed by atoms with Crippen molar-refractivity contribution in [1.82, 2.24) is 16.0 Å². The fourth-order valence-corrected chi connectivity index (χ4v) is 14.3. The third-order valence-corrected chi connectivity index (χ3v) is 18.8. The highest BCUT2D eigenvalue weighted by Crippen LogP contribution is 2.69. The summed E-state index contributed by atoms with van der Waals surface area (Å²) in [4.78, 5) is 94.8. The molecule has 14 atom stereocenters. The molecule has 3 amide bonds. The lowest BCUT2D eigenvalue weighted by atomic mass is 9.43. The van der Waals surface area contributed by atoms with Crippen LogP contribution in [0.4, 0.5) is 0 Å². The maximum atomic E-state index is 14.3. The summed E-state index contributed by atoms with van der Waals surface area (Å²) >= 11 is 0. The summed E-state index contributed by atoms with van der Waals surface area (Å²) in [7, 11) is 0. The van der Waals surface area contributed by atoms with Crippen LogP contribution in [0.15, 0.2) is 103 Å². The number of esters is 4. The number of fused-ring (bicyclic) bond motifs is 5. The fourth-order valence-electron chi connectivity index (χ4n) is 14.3. The Labute approximate surface area is 490 Å². The number of ether oxygens (including phenoxy) is 4. The molecule has 0 unspecified atom stereocenters. The van der Waals surface area contributed by atoms with Crippen LogP contribution < -0.4 is 33.2 Å². The van der Waals surface area contributed by atoms with Crippen LogP contribution in [0.3, 0.4) is 0 Å². The van der Waals surface area contributed by atoms with Crippen molar-refractivity contribution >= 4 is 41.6 Å². The van der Waals surface area contributed by atoms with Crippen molar-refractivity contribution in [1.29, 1.82) is 0 Å². The van der Waals surface area contributed by atoms with E-state index < -0.39 is 103 Å². The highest BCUT2D eigenvalue weighted by Gasteiger charge is 2.68. The second kappa shape index (κ2) is 27.9. The molecule has 84 heavy (non-hydrogen) atoms. The van der Waals surface area contributed by atoms with Crippen LogP contribution in [-0.4, -0.2) is 113 Å². The van der Waals surface area contributed by atoms with Crippen LogP contribution in [0.25, 0.3) is 0 Å². The Morgan fingerprint density at radius 3 is 1.54 bits per heavy atom. The number of nitrogens with two attached hydrogens (primary N) is 3. The SMILES string of the molecule is C[C@H](CCC(=O)OCc1ccccc1)[C@H]1CC[C@H]2[C@@H]3[C@H](OC(=O)CNC(=O)[C@@H](N)Cc4ccc(O)cc4)C[C@@H]4C[C@H](OC(=O)CNC(=O)[C@@H](N)Cc5ccc(O)cc5)CC[C@]4(C)[C@H]3C[C@H](OC(=O)CNC(=O)[C@@H](N)Cc3ccc(O)cc3)[C@]12C. The minimum Gasteiger partial charge on any atom is -0.508 e. The van der Waals surface area contributed by atoms with E-state index in [1.807, 2.05) is 30.3 Å². The third kappa shape index (κ3) is 15.6.